The number of carbonyl (C=O) groups is 6. The first-order chi connectivity index (χ1) is 46.3. The fourth-order valence-corrected chi connectivity index (χ4v) is 12.3. The number of carbonyl (C=O) groups excluding carboxylic acids is 6. The number of ether oxygens (including phenoxy) is 1. The third kappa shape index (κ3) is 22.7. The van der Waals surface area contributed by atoms with Crippen LogP contribution in [-0.4, -0.2) is 61.6 Å². The second kappa shape index (κ2) is 34.8. The number of hydrogen-bond acceptors (Lipinski definition) is 11. The minimum absolute atomic E-state index is 0.0240. The van der Waals surface area contributed by atoms with Crippen molar-refractivity contribution in [1.29, 1.82) is 0 Å². The molecule has 19 heteroatoms. The minimum Gasteiger partial charge on any atom is -0.482 e. The molecular weight excluding hydrogens is 1270 g/mol. The Morgan fingerprint density at radius 2 is 0.796 bits per heavy atom. The molecule has 7 aromatic carbocycles. The Morgan fingerprint density at radius 1 is 0.398 bits per heavy atom. The Kier molecular flexibility index (Phi) is 27.1. The zero-order valence-corrected chi connectivity index (χ0v) is 60.9. The van der Waals surface area contributed by atoms with Crippen molar-refractivity contribution in [2.45, 2.75) is 183 Å². The van der Waals surface area contributed by atoms with Crippen LogP contribution in [0, 0.1) is 0 Å². The summed E-state index contributed by atoms with van der Waals surface area (Å²) in [6.07, 6.45) is 6.01. The van der Waals surface area contributed by atoms with Gasteiger partial charge in [-0.05, 0) is 183 Å². The lowest BCUT2D eigenvalue weighted by Crippen LogP contribution is -2.29. The lowest BCUT2D eigenvalue weighted by molar-refractivity contribution is -0.134. The lowest BCUT2D eigenvalue weighted by Gasteiger charge is -2.19. The van der Waals surface area contributed by atoms with Crippen LogP contribution in [0.3, 0.4) is 0 Å². The molecule has 0 bridgehead atoms. The summed E-state index contributed by atoms with van der Waals surface area (Å²) in [5.74, 6) is 3.73. The van der Waals surface area contributed by atoms with Crippen molar-refractivity contribution in [3.63, 3.8) is 0 Å². The molecule has 1 aromatic heterocycles. The largest absolute Gasteiger partial charge is 0.482 e. The lowest BCUT2D eigenvalue weighted by atomic mass is 9.95. The normalized spacial score (nSPS) is 14.1. The molecule has 98 heavy (non-hydrogen) atoms. The van der Waals surface area contributed by atoms with Crippen LogP contribution in [0.2, 0.25) is 0 Å². The molecule has 0 spiro atoms. The van der Waals surface area contributed by atoms with Crippen LogP contribution >= 0.6 is 11.3 Å². The van der Waals surface area contributed by atoms with Gasteiger partial charge in [0, 0.05) is 47.7 Å². The van der Waals surface area contributed by atoms with Crippen LogP contribution in [0.1, 0.15) is 219 Å². The number of ketones is 1. The Bertz CT molecular complexity index is 4260. The van der Waals surface area contributed by atoms with Gasteiger partial charge in [0.1, 0.15) is 5.75 Å². The van der Waals surface area contributed by atoms with Gasteiger partial charge in [-0.3, -0.25) is 38.3 Å². The van der Waals surface area contributed by atoms with E-state index in [4.69, 9.17) is 4.74 Å². The van der Waals surface area contributed by atoms with E-state index in [9.17, 15) is 42.0 Å². The van der Waals surface area contributed by atoms with Crippen molar-refractivity contribution in [3.8, 4) is 5.75 Å². The fraction of sp³-hybridized carbons (Fsp3) is 0.380. The maximum absolute atomic E-state index is 11.4. The first-order valence-electron chi connectivity index (χ1n) is 33.8. The average molecular weight is 1370 g/mol. The number of sulfonamides is 1. The average Bonchev–Trinajstić information content (AvgIpc) is 1.78. The van der Waals surface area contributed by atoms with Gasteiger partial charge in [-0.15, -0.1) is 0 Å². The Morgan fingerprint density at radius 3 is 1.31 bits per heavy atom. The van der Waals surface area contributed by atoms with Gasteiger partial charge in [0.05, 0.1) is 28.6 Å². The first-order valence-corrected chi connectivity index (χ1v) is 36.5. The third-order valence-electron chi connectivity index (χ3n) is 17.0. The van der Waals surface area contributed by atoms with Crippen LogP contribution in [0.5, 0.6) is 5.75 Å². The number of fused-ring (bicyclic) bond motifs is 6. The van der Waals surface area contributed by atoms with Crippen LogP contribution in [0.25, 0.3) is 10.2 Å². The van der Waals surface area contributed by atoms with E-state index in [1.54, 1.807) is 12.1 Å². The molecule has 7 N–H and O–H groups in total. The molecule has 0 atom stereocenters. The van der Waals surface area contributed by atoms with Crippen molar-refractivity contribution < 1.29 is 41.9 Å². The fourth-order valence-electron chi connectivity index (χ4n) is 10.9. The van der Waals surface area contributed by atoms with Gasteiger partial charge in [-0.1, -0.05) is 181 Å². The molecule has 0 saturated heterocycles. The van der Waals surface area contributed by atoms with E-state index in [0.29, 0.717) is 66.4 Å². The van der Waals surface area contributed by atoms with Crippen molar-refractivity contribution in [3.05, 3.63) is 204 Å². The van der Waals surface area contributed by atoms with E-state index in [2.05, 4.69) is 182 Å². The Labute approximate surface area is 582 Å². The number of H-pyrrole nitrogens is 1. The van der Waals surface area contributed by atoms with E-state index in [0.717, 1.165) is 81.0 Å². The highest BCUT2D eigenvalue weighted by molar-refractivity contribution is 7.92. The van der Waals surface area contributed by atoms with Gasteiger partial charge >= 0.3 is 4.87 Å². The van der Waals surface area contributed by atoms with E-state index in [1.165, 1.54) is 61.4 Å². The second-order valence-electron chi connectivity index (χ2n) is 27.3. The molecule has 5 aliphatic heterocycles. The standard InChI is InChI=1S/C13H17NO.C12H13NO2.C12H15NO.C11H13NO2.C11H13NO.C10H15NO2S.C10H11NOS/c1-9(2)10-6-7-12-11(8-10)4-3-5-13(15)14-12;1-7(2)8-3-4-10-9(5-8)6-11(14)12(15)13-10;1-8(2)9-3-5-11-10(7-9)4-6-12(14)13-11;1-7(2)8-3-4-9-10(5-8)14-6-11(13)12-9;1-7(2)8-3-4-10-9(5-8)6-11(13)12-10;1-8(2)9-4-6-10(7-5-9)11-14(3,12)13;1-6(2)7-3-4-8-9(5-7)13-10(12)11-8/h6-9H,3-5H2,1-2H3,(H,14,15);3-5,7H,6H2,1-2H3,(H,13,15);3,5,7-8H,4,6H2,1-2H3,(H,13,14);3-5,7H,6H2,1-2H3,(H,12,13);3-5,7H,6H2,1-2H3,(H,12,13);4-8,11H,1-3H3;3-6H,1-2H3,(H,11,12). The van der Waals surface area contributed by atoms with E-state index in [-0.39, 0.29) is 47.3 Å². The van der Waals surface area contributed by atoms with Gasteiger partial charge in [0.25, 0.3) is 11.8 Å². The van der Waals surface area contributed by atoms with Gasteiger partial charge in [-0.2, -0.15) is 0 Å². The molecule has 17 nitrogen and oxygen atoms in total. The van der Waals surface area contributed by atoms with Crippen molar-refractivity contribution >= 4 is 101 Å². The molecule has 0 radical (unpaired) electrons. The summed E-state index contributed by atoms with van der Waals surface area (Å²) in [7, 11) is -3.16. The van der Waals surface area contributed by atoms with Crippen molar-refractivity contribution in [2.75, 3.05) is 44.2 Å². The minimum atomic E-state index is -3.16. The summed E-state index contributed by atoms with van der Waals surface area (Å²) in [5.41, 5.74) is 19.6. The molecule has 5 aliphatic rings. The molecule has 0 fully saturated rings. The molecule has 5 amide bonds. The highest BCUT2D eigenvalue weighted by Gasteiger charge is 2.24. The Balaban J connectivity index is 0.000000161. The van der Waals surface area contributed by atoms with Gasteiger partial charge in [0.15, 0.2) is 6.61 Å². The number of aromatic amines is 1. The van der Waals surface area contributed by atoms with Gasteiger partial charge < -0.3 is 36.3 Å². The van der Waals surface area contributed by atoms with E-state index < -0.39 is 15.9 Å². The van der Waals surface area contributed by atoms with Crippen LogP contribution < -0.4 is 40.9 Å². The molecule has 520 valence electrons. The Hall–Kier alpha value is -9.20. The zero-order valence-electron chi connectivity index (χ0n) is 59.3. The first kappa shape index (κ1) is 76.2. The highest BCUT2D eigenvalue weighted by atomic mass is 32.2. The number of hydrogen-bond donors (Lipinski definition) is 7. The summed E-state index contributed by atoms with van der Waals surface area (Å²) in [6, 6.07) is 44.2. The number of benzene rings is 7. The second-order valence-corrected chi connectivity index (χ2v) is 30.1. The SMILES string of the molecule is CC(C)c1ccc(NS(C)(=O)=O)cc1.CC(C)c1ccc2[nH]c(=O)sc2c1.CC(C)c1ccc2c(c1)CC(=O)C(=O)N2.CC(C)c1ccc2c(c1)CC(=O)N2.CC(C)c1ccc2c(c1)CCC(=O)N2.CC(C)c1ccc2c(c1)CCCC(=O)N2.CC(C)c1ccc2c(c1)OCC(=O)N2. The smallest absolute Gasteiger partial charge is 0.305 e. The molecule has 0 saturated carbocycles. The predicted octanol–water partition coefficient (Wildman–Crippen LogP) is 17.0. The quantitative estimate of drug-likeness (QED) is 0.0673. The van der Waals surface area contributed by atoms with Gasteiger partial charge in [0.2, 0.25) is 33.5 Å². The van der Waals surface area contributed by atoms with Crippen molar-refractivity contribution in [2.24, 2.45) is 0 Å². The summed E-state index contributed by atoms with van der Waals surface area (Å²) in [5, 5.41) is 14.0. The molecular formula is C79H97N7O10S2. The van der Waals surface area contributed by atoms with Crippen LogP contribution in [0.15, 0.2) is 138 Å². The number of Topliss-reactive ketones (excluding diaryl/α,β-unsaturated/α-hetero) is 1. The molecule has 6 heterocycles. The van der Waals surface area contributed by atoms with Crippen LogP contribution in [-0.2, 0) is 64.5 Å². The van der Waals surface area contributed by atoms with Gasteiger partial charge in [-0.25, -0.2) is 8.42 Å². The molecule has 0 unspecified atom stereocenters. The number of nitrogens with one attached hydrogen (secondary N) is 7. The molecule has 13 rings (SSSR count). The maximum atomic E-state index is 11.4. The number of rotatable bonds is 9. The highest BCUT2D eigenvalue weighted by Crippen LogP contribution is 2.33. The third-order valence-corrected chi connectivity index (χ3v) is 18.4. The summed E-state index contributed by atoms with van der Waals surface area (Å²) >= 11 is 1.27. The van der Waals surface area contributed by atoms with E-state index in [1.807, 2.05) is 72.8 Å². The van der Waals surface area contributed by atoms with Crippen molar-refractivity contribution in [1.82, 2.24) is 4.98 Å². The molecule has 8 aromatic rings. The number of aryl methyl sites for hydroxylation is 2. The number of thiazole rings is 1. The summed E-state index contributed by atoms with van der Waals surface area (Å²) < 4.78 is 30.6. The summed E-state index contributed by atoms with van der Waals surface area (Å²) in [6.45, 7) is 30.1. The number of amides is 5. The number of aromatic nitrogens is 1. The topological polar surface area (TPSA) is 251 Å². The zero-order chi connectivity index (χ0) is 71.7. The maximum Gasteiger partial charge on any atom is 0.305 e. The predicted molar refractivity (Wildman–Crippen MR) is 401 cm³/mol. The molecule has 0 aliphatic carbocycles. The van der Waals surface area contributed by atoms with Crippen LogP contribution in [0.4, 0.5) is 34.1 Å². The number of anilines is 6. The van der Waals surface area contributed by atoms with E-state index >= 15 is 0 Å². The monoisotopic (exact) mass is 1370 g/mol. The summed E-state index contributed by atoms with van der Waals surface area (Å²) in [4.78, 5) is 80.8.